The van der Waals surface area contributed by atoms with Crippen LogP contribution in [0.3, 0.4) is 0 Å². The predicted octanol–water partition coefficient (Wildman–Crippen LogP) is 1.11. The van der Waals surface area contributed by atoms with Gasteiger partial charge in [-0.1, -0.05) is 30.3 Å². The van der Waals surface area contributed by atoms with Gasteiger partial charge in [-0.2, -0.15) is 0 Å². The number of hydrogen-bond acceptors (Lipinski definition) is 3. The smallest absolute Gasteiger partial charge is 0.236 e. The van der Waals surface area contributed by atoms with E-state index in [2.05, 4.69) is 29.3 Å². The van der Waals surface area contributed by atoms with Gasteiger partial charge in [-0.05, 0) is 19.5 Å². The molecule has 0 bridgehead atoms. The van der Waals surface area contributed by atoms with E-state index in [0.717, 1.165) is 26.2 Å². The Morgan fingerprint density at radius 3 is 2.58 bits per heavy atom. The second kappa shape index (κ2) is 6.68. The molecule has 1 unspecified atom stereocenters. The average molecular weight is 261 g/mol. The van der Waals surface area contributed by atoms with Crippen molar-refractivity contribution in [2.45, 2.75) is 13.0 Å². The third-order valence-electron chi connectivity index (χ3n) is 3.80. The Morgan fingerprint density at radius 2 is 1.95 bits per heavy atom. The summed E-state index contributed by atoms with van der Waals surface area (Å²) < 4.78 is 0. The minimum absolute atomic E-state index is 0.229. The molecular formula is C15H23N3O. The third-order valence-corrected chi connectivity index (χ3v) is 3.80. The first-order valence-electron chi connectivity index (χ1n) is 6.92. The fraction of sp³-hybridized carbons (Fsp3) is 0.533. The summed E-state index contributed by atoms with van der Waals surface area (Å²) in [6.07, 6.45) is 0. The fourth-order valence-electron chi connectivity index (χ4n) is 2.35. The Morgan fingerprint density at radius 1 is 1.32 bits per heavy atom. The SMILES string of the molecule is CC(c1ccccc1)N(C)CC(=O)N1CCNCC1. The zero-order valence-corrected chi connectivity index (χ0v) is 11.8. The van der Waals surface area contributed by atoms with E-state index in [1.807, 2.05) is 30.1 Å². The van der Waals surface area contributed by atoms with Gasteiger partial charge in [0.15, 0.2) is 0 Å². The highest BCUT2D eigenvalue weighted by molar-refractivity contribution is 5.78. The summed E-state index contributed by atoms with van der Waals surface area (Å²) in [5.74, 6) is 0.229. The molecule has 1 aromatic rings. The standard InChI is InChI=1S/C15H23N3O/c1-13(14-6-4-3-5-7-14)17(2)12-15(19)18-10-8-16-9-11-18/h3-7,13,16H,8-12H2,1-2H3. The Kier molecular flexibility index (Phi) is 4.93. The van der Waals surface area contributed by atoms with E-state index in [1.54, 1.807) is 0 Å². The Labute approximate surface area is 115 Å². The monoisotopic (exact) mass is 261 g/mol. The number of carbonyl (C=O) groups excluding carboxylic acids is 1. The molecule has 1 heterocycles. The van der Waals surface area contributed by atoms with E-state index in [1.165, 1.54) is 5.56 Å². The van der Waals surface area contributed by atoms with Crippen LogP contribution >= 0.6 is 0 Å². The van der Waals surface area contributed by atoms with E-state index in [0.29, 0.717) is 6.54 Å². The number of benzene rings is 1. The second-order valence-corrected chi connectivity index (χ2v) is 5.13. The summed E-state index contributed by atoms with van der Waals surface area (Å²) in [5.41, 5.74) is 1.25. The topological polar surface area (TPSA) is 35.6 Å². The molecule has 0 aromatic heterocycles. The van der Waals surface area contributed by atoms with E-state index in [-0.39, 0.29) is 11.9 Å². The minimum Gasteiger partial charge on any atom is -0.339 e. The lowest BCUT2D eigenvalue weighted by atomic mass is 10.1. The molecule has 1 aromatic carbocycles. The van der Waals surface area contributed by atoms with Gasteiger partial charge in [0.2, 0.25) is 5.91 Å². The molecule has 19 heavy (non-hydrogen) atoms. The van der Waals surface area contributed by atoms with Crippen LogP contribution < -0.4 is 5.32 Å². The summed E-state index contributed by atoms with van der Waals surface area (Å²) in [5, 5.41) is 3.26. The summed E-state index contributed by atoms with van der Waals surface area (Å²) in [4.78, 5) is 16.3. The first-order chi connectivity index (χ1) is 9.18. The predicted molar refractivity (Wildman–Crippen MR) is 76.9 cm³/mol. The van der Waals surface area contributed by atoms with Gasteiger partial charge in [0.25, 0.3) is 0 Å². The van der Waals surface area contributed by atoms with Gasteiger partial charge in [0.05, 0.1) is 6.54 Å². The maximum Gasteiger partial charge on any atom is 0.236 e. The lowest BCUT2D eigenvalue weighted by Gasteiger charge is -2.31. The number of piperazine rings is 1. The molecule has 1 fully saturated rings. The first kappa shape index (κ1) is 14.0. The number of nitrogens with one attached hydrogen (secondary N) is 1. The van der Waals surface area contributed by atoms with Crippen LogP contribution in [0.1, 0.15) is 18.5 Å². The van der Waals surface area contributed by atoms with Crippen LogP contribution in [-0.2, 0) is 4.79 Å². The molecule has 1 aliphatic heterocycles. The average Bonchev–Trinajstić information content (AvgIpc) is 2.48. The van der Waals surface area contributed by atoms with Crippen molar-refractivity contribution in [2.75, 3.05) is 39.8 Å². The molecule has 2 rings (SSSR count). The molecule has 1 atom stereocenters. The fourth-order valence-corrected chi connectivity index (χ4v) is 2.35. The molecule has 1 N–H and O–H groups in total. The maximum atomic E-state index is 12.2. The maximum absolute atomic E-state index is 12.2. The molecule has 0 radical (unpaired) electrons. The zero-order chi connectivity index (χ0) is 13.7. The number of hydrogen-bond donors (Lipinski definition) is 1. The van der Waals surface area contributed by atoms with Crippen molar-refractivity contribution in [1.82, 2.24) is 15.1 Å². The van der Waals surface area contributed by atoms with Gasteiger partial charge in [-0.25, -0.2) is 0 Å². The highest BCUT2D eigenvalue weighted by Gasteiger charge is 2.20. The zero-order valence-electron chi connectivity index (χ0n) is 11.8. The molecular weight excluding hydrogens is 238 g/mol. The van der Waals surface area contributed by atoms with Crippen molar-refractivity contribution in [1.29, 1.82) is 0 Å². The molecule has 0 aliphatic carbocycles. The number of rotatable bonds is 4. The Hall–Kier alpha value is -1.39. The normalized spacial score (nSPS) is 17.5. The van der Waals surface area contributed by atoms with Gasteiger partial charge in [0.1, 0.15) is 0 Å². The van der Waals surface area contributed by atoms with Crippen molar-refractivity contribution in [3.8, 4) is 0 Å². The van der Waals surface area contributed by atoms with Gasteiger partial charge in [-0.3, -0.25) is 9.69 Å². The number of carbonyl (C=O) groups is 1. The van der Waals surface area contributed by atoms with Crippen molar-refractivity contribution >= 4 is 5.91 Å². The Bertz CT molecular complexity index is 401. The summed E-state index contributed by atoms with van der Waals surface area (Å²) in [6.45, 7) is 6.09. The summed E-state index contributed by atoms with van der Waals surface area (Å²) in [7, 11) is 2.01. The molecule has 1 amide bonds. The van der Waals surface area contributed by atoms with E-state index >= 15 is 0 Å². The van der Waals surface area contributed by atoms with Crippen LogP contribution in [0.2, 0.25) is 0 Å². The lowest BCUT2D eigenvalue weighted by molar-refractivity contribution is -0.133. The lowest BCUT2D eigenvalue weighted by Crippen LogP contribution is -2.49. The van der Waals surface area contributed by atoms with E-state index in [4.69, 9.17) is 0 Å². The molecule has 0 spiro atoms. The quantitative estimate of drug-likeness (QED) is 0.882. The van der Waals surface area contributed by atoms with Crippen LogP contribution in [-0.4, -0.2) is 55.5 Å². The first-order valence-corrected chi connectivity index (χ1v) is 6.92. The number of amides is 1. The summed E-state index contributed by atoms with van der Waals surface area (Å²) in [6, 6.07) is 10.6. The van der Waals surface area contributed by atoms with Gasteiger partial charge in [0, 0.05) is 32.2 Å². The highest BCUT2D eigenvalue weighted by Crippen LogP contribution is 2.17. The molecule has 1 aliphatic rings. The van der Waals surface area contributed by atoms with Gasteiger partial charge >= 0.3 is 0 Å². The van der Waals surface area contributed by atoms with Crippen LogP contribution in [0.15, 0.2) is 30.3 Å². The van der Waals surface area contributed by atoms with Crippen molar-refractivity contribution in [2.24, 2.45) is 0 Å². The van der Waals surface area contributed by atoms with Crippen LogP contribution in [0.25, 0.3) is 0 Å². The second-order valence-electron chi connectivity index (χ2n) is 5.13. The highest BCUT2D eigenvalue weighted by atomic mass is 16.2. The minimum atomic E-state index is 0.229. The van der Waals surface area contributed by atoms with E-state index < -0.39 is 0 Å². The van der Waals surface area contributed by atoms with E-state index in [9.17, 15) is 4.79 Å². The van der Waals surface area contributed by atoms with Crippen molar-refractivity contribution in [3.63, 3.8) is 0 Å². The third kappa shape index (κ3) is 3.78. The molecule has 104 valence electrons. The molecule has 0 saturated carbocycles. The van der Waals surface area contributed by atoms with Crippen LogP contribution in [0.4, 0.5) is 0 Å². The van der Waals surface area contributed by atoms with Crippen LogP contribution in [0, 0.1) is 0 Å². The molecule has 4 nitrogen and oxygen atoms in total. The molecule has 1 saturated heterocycles. The Balaban J connectivity index is 1.89. The van der Waals surface area contributed by atoms with Crippen LogP contribution in [0.5, 0.6) is 0 Å². The van der Waals surface area contributed by atoms with Gasteiger partial charge < -0.3 is 10.2 Å². The van der Waals surface area contributed by atoms with Gasteiger partial charge in [-0.15, -0.1) is 0 Å². The number of likely N-dealkylation sites (N-methyl/N-ethyl adjacent to an activating group) is 1. The number of nitrogens with zero attached hydrogens (tertiary/aromatic N) is 2. The largest absolute Gasteiger partial charge is 0.339 e. The van der Waals surface area contributed by atoms with Crippen molar-refractivity contribution in [3.05, 3.63) is 35.9 Å². The van der Waals surface area contributed by atoms with Crippen molar-refractivity contribution < 1.29 is 4.79 Å². The molecule has 4 heteroatoms. The summed E-state index contributed by atoms with van der Waals surface area (Å²) >= 11 is 0.